The van der Waals surface area contributed by atoms with Crippen molar-refractivity contribution in [3.63, 3.8) is 0 Å². The van der Waals surface area contributed by atoms with Gasteiger partial charge in [-0.05, 0) is 35.8 Å². The number of rotatable bonds is 7. The number of non-ortho nitro benzene ring substituents is 1. The van der Waals surface area contributed by atoms with Gasteiger partial charge in [0.05, 0.1) is 22.7 Å². The highest BCUT2D eigenvalue weighted by Crippen LogP contribution is 2.29. The molecule has 1 atom stereocenters. The summed E-state index contributed by atoms with van der Waals surface area (Å²) in [4.78, 5) is 35.9. The van der Waals surface area contributed by atoms with Crippen LogP contribution in [0, 0.1) is 24.0 Å². The summed E-state index contributed by atoms with van der Waals surface area (Å²) in [6.45, 7) is 3.41. The van der Waals surface area contributed by atoms with Crippen LogP contribution in [0.2, 0.25) is 0 Å². The van der Waals surface area contributed by atoms with Crippen LogP contribution in [-0.2, 0) is 20.7 Å². The molecule has 0 aliphatic heterocycles. The summed E-state index contributed by atoms with van der Waals surface area (Å²) in [7, 11) is 0. The van der Waals surface area contributed by atoms with E-state index in [0.29, 0.717) is 32.7 Å². The van der Waals surface area contributed by atoms with E-state index in [-0.39, 0.29) is 12.1 Å². The molecule has 1 unspecified atom stereocenters. The first kappa shape index (κ1) is 22.2. The van der Waals surface area contributed by atoms with Crippen LogP contribution in [0.1, 0.15) is 28.7 Å². The first-order valence-electron chi connectivity index (χ1n) is 9.17. The van der Waals surface area contributed by atoms with Crippen LogP contribution < -0.4 is 5.32 Å². The molecule has 9 nitrogen and oxygen atoms in total. The first-order chi connectivity index (χ1) is 14.8. The number of nitrogens with zero attached hydrogens (tertiary/aromatic N) is 2. The smallest absolute Gasteiger partial charge is 0.311 e. The quantitative estimate of drug-likeness (QED) is 0.296. The maximum atomic E-state index is 13.0. The lowest BCUT2D eigenvalue weighted by Gasteiger charge is -2.18. The molecule has 3 rings (SSSR count). The zero-order valence-electron chi connectivity index (χ0n) is 16.6. The van der Waals surface area contributed by atoms with E-state index in [1.165, 1.54) is 18.2 Å². The molecule has 0 aliphatic carbocycles. The fourth-order valence-corrected chi connectivity index (χ4v) is 3.36. The minimum atomic E-state index is -1.23. The van der Waals surface area contributed by atoms with Crippen molar-refractivity contribution in [2.45, 2.75) is 26.4 Å². The van der Waals surface area contributed by atoms with Crippen LogP contribution in [0.15, 0.2) is 57.5 Å². The third-order valence-electron chi connectivity index (χ3n) is 4.51. The zero-order chi connectivity index (χ0) is 22.5. The van der Waals surface area contributed by atoms with E-state index in [1.54, 1.807) is 44.2 Å². The van der Waals surface area contributed by atoms with Crippen molar-refractivity contribution in [3.05, 3.63) is 85.7 Å². The minimum absolute atomic E-state index is 0.0982. The van der Waals surface area contributed by atoms with Crippen molar-refractivity contribution >= 4 is 39.2 Å². The number of aryl methyl sites for hydroxylation is 2. The fourth-order valence-electron chi connectivity index (χ4n) is 2.89. The van der Waals surface area contributed by atoms with Crippen molar-refractivity contribution in [3.8, 4) is 0 Å². The number of hydrogen-bond donors (Lipinski definition) is 1. The van der Waals surface area contributed by atoms with Crippen LogP contribution in [0.3, 0.4) is 0 Å². The predicted octanol–water partition coefficient (Wildman–Crippen LogP) is 4.43. The number of halogens is 1. The molecule has 160 valence electrons. The Kier molecular flexibility index (Phi) is 6.81. The number of nitro benzene ring substituents is 1. The molecule has 1 aromatic heterocycles. The Labute approximate surface area is 185 Å². The van der Waals surface area contributed by atoms with E-state index in [2.05, 4.69) is 26.4 Å². The molecule has 2 aromatic carbocycles. The fraction of sp³-hybridized carbons (Fsp3) is 0.190. The van der Waals surface area contributed by atoms with Gasteiger partial charge in [-0.25, -0.2) is 0 Å². The van der Waals surface area contributed by atoms with E-state index in [4.69, 9.17) is 9.26 Å². The molecule has 0 aliphatic rings. The molecule has 0 spiro atoms. The van der Waals surface area contributed by atoms with Crippen molar-refractivity contribution in [1.29, 1.82) is 0 Å². The molecular formula is C21H18BrN3O6. The van der Waals surface area contributed by atoms with E-state index in [9.17, 15) is 19.7 Å². The Bertz CT molecular complexity index is 1110. The summed E-state index contributed by atoms with van der Waals surface area (Å²) >= 11 is 3.21. The Morgan fingerprint density at radius 2 is 1.94 bits per heavy atom. The molecule has 3 aromatic rings. The first-order valence-corrected chi connectivity index (χ1v) is 9.96. The monoisotopic (exact) mass is 487 g/mol. The summed E-state index contributed by atoms with van der Waals surface area (Å²) in [6.07, 6.45) is -1.32. The zero-order valence-corrected chi connectivity index (χ0v) is 18.2. The van der Waals surface area contributed by atoms with Crippen molar-refractivity contribution < 1.29 is 23.8 Å². The molecule has 0 saturated heterocycles. The standard InChI is InChI=1S/C21H18BrN3O6/c1-12-16(13(2)31-24-12)11-19(26)30-20(14-6-4-3-5-7-14)21(27)23-18-9-8-15(25(28)29)10-17(18)22/h3-10,20H,11H2,1-2H3,(H,23,27). The number of nitrogens with one attached hydrogen (secondary N) is 1. The van der Waals surface area contributed by atoms with Gasteiger partial charge >= 0.3 is 5.97 Å². The number of carbonyl (C=O) groups is 2. The number of aromatic nitrogens is 1. The number of hydrogen-bond acceptors (Lipinski definition) is 7. The highest BCUT2D eigenvalue weighted by Gasteiger charge is 2.27. The molecule has 0 radical (unpaired) electrons. The Morgan fingerprint density at radius 3 is 2.52 bits per heavy atom. The average molecular weight is 488 g/mol. The van der Waals surface area contributed by atoms with Crippen molar-refractivity contribution in [1.82, 2.24) is 5.16 Å². The van der Waals surface area contributed by atoms with E-state index < -0.39 is 22.9 Å². The van der Waals surface area contributed by atoms with Gasteiger partial charge in [0.2, 0.25) is 6.10 Å². The van der Waals surface area contributed by atoms with Crippen molar-refractivity contribution in [2.24, 2.45) is 0 Å². The van der Waals surface area contributed by atoms with Gasteiger partial charge < -0.3 is 14.6 Å². The van der Waals surface area contributed by atoms with Gasteiger partial charge in [-0.3, -0.25) is 19.7 Å². The SMILES string of the molecule is Cc1noc(C)c1CC(=O)OC(C(=O)Nc1ccc([N+](=O)[O-])cc1Br)c1ccccc1. The van der Waals surface area contributed by atoms with Gasteiger partial charge in [-0.2, -0.15) is 0 Å². The number of anilines is 1. The van der Waals surface area contributed by atoms with Crippen LogP contribution in [0.25, 0.3) is 0 Å². The highest BCUT2D eigenvalue weighted by atomic mass is 79.9. The number of esters is 1. The van der Waals surface area contributed by atoms with Crippen LogP contribution in [0.5, 0.6) is 0 Å². The molecule has 1 N–H and O–H groups in total. The van der Waals surface area contributed by atoms with Gasteiger partial charge in [0.15, 0.2) is 0 Å². The number of ether oxygens (including phenoxy) is 1. The number of amides is 1. The van der Waals surface area contributed by atoms with Gasteiger partial charge in [0, 0.05) is 27.7 Å². The molecule has 1 amide bonds. The van der Waals surface area contributed by atoms with Crippen molar-refractivity contribution in [2.75, 3.05) is 5.32 Å². The van der Waals surface area contributed by atoms with Crippen LogP contribution in [-0.4, -0.2) is 22.0 Å². The summed E-state index contributed by atoms with van der Waals surface area (Å²) in [5.41, 5.74) is 1.83. The number of nitro groups is 1. The van der Waals surface area contributed by atoms with Gasteiger partial charge in [-0.1, -0.05) is 35.5 Å². The summed E-state index contributed by atoms with van der Waals surface area (Å²) in [5, 5.41) is 17.4. The Balaban J connectivity index is 1.81. The Hall–Kier alpha value is -3.53. The minimum Gasteiger partial charge on any atom is -0.447 e. The van der Waals surface area contributed by atoms with E-state index >= 15 is 0 Å². The highest BCUT2D eigenvalue weighted by molar-refractivity contribution is 9.10. The van der Waals surface area contributed by atoms with E-state index in [1.807, 2.05) is 0 Å². The lowest BCUT2D eigenvalue weighted by atomic mass is 10.1. The topological polar surface area (TPSA) is 125 Å². The second kappa shape index (κ2) is 9.52. The third kappa shape index (κ3) is 5.34. The van der Waals surface area contributed by atoms with E-state index in [0.717, 1.165) is 0 Å². The number of benzene rings is 2. The van der Waals surface area contributed by atoms with Gasteiger partial charge in [-0.15, -0.1) is 0 Å². The molecule has 0 fully saturated rings. The molecular weight excluding hydrogens is 470 g/mol. The van der Waals surface area contributed by atoms with Gasteiger partial charge in [0.1, 0.15) is 5.76 Å². The lowest BCUT2D eigenvalue weighted by molar-refractivity contribution is -0.384. The van der Waals surface area contributed by atoms with Gasteiger partial charge in [0.25, 0.3) is 11.6 Å². The maximum absolute atomic E-state index is 13.0. The third-order valence-corrected chi connectivity index (χ3v) is 5.17. The summed E-state index contributed by atoms with van der Waals surface area (Å²) in [5.74, 6) is -0.723. The molecule has 0 saturated carbocycles. The van der Waals surface area contributed by atoms with Crippen LogP contribution in [0.4, 0.5) is 11.4 Å². The largest absolute Gasteiger partial charge is 0.447 e. The molecule has 1 heterocycles. The summed E-state index contributed by atoms with van der Waals surface area (Å²) < 4.78 is 10.9. The molecule has 31 heavy (non-hydrogen) atoms. The Morgan fingerprint density at radius 1 is 1.23 bits per heavy atom. The molecule has 10 heteroatoms. The molecule has 0 bridgehead atoms. The second-order valence-electron chi connectivity index (χ2n) is 6.67. The lowest BCUT2D eigenvalue weighted by Crippen LogP contribution is -2.26. The average Bonchev–Trinajstić information content (AvgIpc) is 3.05. The maximum Gasteiger partial charge on any atom is 0.311 e. The number of carbonyl (C=O) groups excluding carboxylic acids is 2. The summed E-state index contributed by atoms with van der Waals surface area (Å²) in [6, 6.07) is 12.5. The second-order valence-corrected chi connectivity index (χ2v) is 7.52. The normalized spacial score (nSPS) is 11.6. The predicted molar refractivity (Wildman–Crippen MR) is 114 cm³/mol. The van der Waals surface area contributed by atoms with Crippen LogP contribution >= 0.6 is 15.9 Å².